The Morgan fingerprint density at radius 1 is 1.44 bits per heavy atom. The minimum atomic E-state index is -3.17. The number of carbonyl (C=O) groups is 1. The van der Waals surface area contributed by atoms with Crippen LogP contribution < -0.4 is 5.32 Å². The Balaban J connectivity index is 3.78. The van der Waals surface area contributed by atoms with Crippen LogP contribution in [-0.2, 0) is 14.8 Å². The molecule has 7 heteroatoms. The molecule has 0 bridgehead atoms. The van der Waals surface area contributed by atoms with Gasteiger partial charge in [-0.3, -0.25) is 4.79 Å². The standard InChI is InChI=1S/C9H20N2O4S/c1-8(4-5-9(12)13)10-6-7-16(14,15)11(2)3/h8,10H,4-7H2,1-3H3,(H,12,13). The molecule has 1 atom stereocenters. The summed E-state index contributed by atoms with van der Waals surface area (Å²) in [4.78, 5) is 10.3. The minimum Gasteiger partial charge on any atom is -0.481 e. The molecule has 1 unspecified atom stereocenters. The number of rotatable bonds is 8. The van der Waals surface area contributed by atoms with E-state index in [0.717, 1.165) is 0 Å². The molecule has 2 N–H and O–H groups in total. The molecule has 0 aromatic carbocycles. The quantitative estimate of drug-likeness (QED) is 0.620. The average molecular weight is 252 g/mol. The fourth-order valence-electron chi connectivity index (χ4n) is 1.06. The number of carboxylic acids is 1. The normalized spacial score (nSPS) is 14.0. The lowest BCUT2D eigenvalue weighted by Crippen LogP contribution is -2.35. The van der Waals surface area contributed by atoms with Gasteiger partial charge in [-0.25, -0.2) is 12.7 Å². The molecule has 0 rings (SSSR count). The highest BCUT2D eigenvalue weighted by Gasteiger charge is 2.13. The van der Waals surface area contributed by atoms with Crippen LogP contribution in [0.15, 0.2) is 0 Å². The van der Waals surface area contributed by atoms with Gasteiger partial charge in [-0.15, -0.1) is 0 Å². The maximum atomic E-state index is 11.4. The van der Waals surface area contributed by atoms with Gasteiger partial charge in [0.1, 0.15) is 0 Å². The largest absolute Gasteiger partial charge is 0.481 e. The molecular weight excluding hydrogens is 232 g/mol. The highest BCUT2D eigenvalue weighted by atomic mass is 32.2. The molecule has 96 valence electrons. The van der Waals surface area contributed by atoms with Crippen molar-refractivity contribution < 1.29 is 18.3 Å². The lowest BCUT2D eigenvalue weighted by atomic mass is 10.2. The molecule has 0 radical (unpaired) electrons. The molecule has 0 aliphatic carbocycles. The first-order chi connectivity index (χ1) is 7.25. The summed E-state index contributed by atoms with van der Waals surface area (Å²) in [7, 11) is -0.192. The van der Waals surface area contributed by atoms with Gasteiger partial charge in [0.2, 0.25) is 10.0 Å². The van der Waals surface area contributed by atoms with Gasteiger partial charge < -0.3 is 10.4 Å². The van der Waals surface area contributed by atoms with Crippen molar-refractivity contribution >= 4 is 16.0 Å². The van der Waals surface area contributed by atoms with Crippen molar-refractivity contribution in [3.05, 3.63) is 0 Å². The molecule has 0 aliphatic rings. The molecule has 6 nitrogen and oxygen atoms in total. The lowest BCUT2D eigenvalue weighted by Gasteiger charge is -2.15. The van der Waals surface area contributed by atoms with Crippen LogP contribution in [0.3, 0.4) is 0 Å². The molecule has 0 aromatic heterocycles. The predicted octanol–water partition coefficient (Wildman–Crippen LogP) is -0.279. The van der Waals surface area contributed by atoms with Crippen LogP contribution in [0.5, 0.6) is 0 Å². The first-order valence-electron chi connectivity index (χ1n) is 5.11. The van der Waals surface area contributed by atoms with Crippen molar-refractivity contribution in [1.82, 2.24) is 9.62 Å². The maximum Gasteiger partial charge on any atom is 0.303 e. The van der Waals surface area contributed by atoms with E-state index in [1.807, 2.05) is 6.92 Å². The Morgan fingerprint density at radius 2 is 2.00 bits per heavy atom. The van der Waals surface area contributed by atoms with Crippen LogP contribution in [0.4, 0.5) is 0 Å². The maximum absolute atomic E-state index is 11.4. The number of sulfonamides is 1. The first kappa shape index (κ1) is 15.3. The van der Waals surface area contributed by atoms with Crippen LogP contribution in [0.25, 0.3) is 0 Å². The van der Waals surface area contributed by atoms with Crippen LogP contribution >= 0.6 is 0 Å². The molecule has 16 heavy (non-hydrogen) atoms. The predicted molar refractivity (Wildman–Crippen MR) is 61.8 cm³/mol. The second-order valence-electron chi connectivity index (χ2n) is 3.89. The monoisotopic (exact) mass is 252 g/mol. The topological polar surface area (TPSA) is 86.7 Å². The average Bonchev–Trinajstić information content (AvgIpc) is 2.14. The summed E-state index contributed by atoms with van der Waals surface area (Å²) in [5.41, 5.74) is 0. The van der Waals surface area contributed by atoms with Gasteiger partial charge in [-0.05, 0) is 13.3 Å². The summed E-state index contributed by atoms with van der Waals surface area (Å²) in [6.07, 6.45) is 0.589. The summed E-state index contributed by atoms with van der Waals surface area (Å²) in [5, 5.41) is 11.4. The summed E-state index contributed by atoms with van der Waals surface area (Å²) >= 11 is 0. The molecule has 0 saturated carbocycles. The third kappa shape index (κ3) is 6.76. The molecule has 0 fully saturated rings. The van der Waals surface area contributed by atoms with Crippen molar-refractivity contribution in [1.29, 1.82) is 0 Å². The lowest BCUT2D eigenvalue weighted by molar-refractivity contribution is -0.137. The van der Waals surface area contributed by atoms with Crippen molar-refractivity contribution in [3.8, 4) is 0 Å². The van der Waals surface area contributed by atoms with Gasteiger partial charge in [0.15, 0.2) is 0 Å². The highest BCUT2D eigenvalue weighted by Crippen LogP contribution is 1.97. The number of nitrogens with one attached hydrogen (secondary N) is 1. The van der Waals surface area contributed by atoms with Crippen molar-refractivity contribution in [3.63, 3.8) is 0 Å². The summed E-state index contributed by atoms with van der Waals surface area (Å²) in [6.45, 7) is 2.17. The molecule has 0 saturated heterocycles. The molecule has 0 amide bonds. The van der Waals surface area contributed by atoms with Crippen molar-refractivity contribution in [2.75, 3.05) is 26.4 Å². The van der Waals surface area contributed by atoms with Gasteiger partial charge >= 0.3 is 5.97 Å². The van der Waals surface area contributed by atoms with Gasteiger partial charge in [0.05, 0.1) is 5.75 Å². The van der Waals surface area contributed by atoms with Crippen LogP contribution in [0.2, 0.25) is 0 Å². The van der Waals surface area contributed by atoms with Gasteiger partial charge in [-0.2, -0.15) is 0 Å². The van der Waals surface area contributed by atoms with E-state index in [-0.39, 0.29) is 18.2 Å². The van der Waals surface area contributed by atoms with Crippen LogP contribution in [0.1, 0.15) is 19.8 Å². The zero-order valence-electron chi connectivity index (χ0n) is 9.93. The number of hydrogen-bond acceptors (Lipinski definition) is 4. The summed E-state index contributed by atoms with van der Waals surface area (Å²) in [5.74, 6) is -0.813. The fraction of sp³-hybridized carbons (Fsp3) is 0.889. The van der Waals surface area contributed by atoms with Crippen LogP contribution in [-0.4, -0.2) is 56.2 Å². The zero-order chi connectivity index (χ0) is 12.8. The number of aliphatic carboxylic acids is 1. The van der Waals surface area contributed by atoms with Gasteiger partial charge in [0.25, 0.3) is 0 Å². The van der Waals surface area contributed by atoms with E-state index in [1.54, 1.807) is 0 Å². The third-order valence-electron chi connectivity index (χ3n) is 2.20. The fourth-order valence-corrected chi connectivity index (χ4v) is 1.80. The first-order valence-corrected chi connectivity index (χ1v) is 6.72. The molecule has 0 aliphatic heterocycles. The third-order valence-corrected chi connectivity index (χ3v) is 4.03. The smallest absolute Gasteiger partial charge is 0.303 e. The Hall–Kier alpha value is -0.660. The summed E-state index contributed by atoms with van der Waals surface area (Å²) in [6, 6.07) is 0.00784. The SMILES string of the molecule is CC(CCC(=O)O)NCCS(=O)(=O)N(C)C. The molecule has 0 spiro atoms. The van der Waals surface area contributed by atoms with Crippen molar-refractivity contribution in [2.24, 2.45) is 0 Å². The zero-order valence-corrected chi connectivity index (χ0v) is 10.7. The van der Waals surface area contributed by atoms with E-state index in [9.17, 15) is 13.2 Å². The number of carboxylic acid groups (broad SMARTS) is 1. The van der Waals surface area contributed by atoms with E-state index in [2.05, 4.69) is 5.32 Å². The minimum absolute atomic E-state index is 0.00784. The van der Waals surface area contributed by atoms with E-state index in [0.29, 0.717) is 13.0 Å². The van der Waals surface area contributed by atoms with E-state index < -0.39 is 16.0 Å². The second kappa shape index (κ2) is 6.82. The van der Waals surface area contributed by atoms with Gasteiger partial charge in [0, 0.05) is 33.1 Å². The Bertz CT molecular complexity index is 313. The van der Waals surface area contributed by atoms with Crippen molar-refractivity contribution in [2.45, 2.75) is 25.8 Å². The molecule has 0 heterocycles. The van der Waals surface area contributed by atoms with Crippen LogP contribution in [0, 0.1) is 0 Å². The van der Waals surface area contributed by atoms with E-state index in [1.165, 1.54) is 18.4 Å². The molecule has 0 aromatic rings. The second-order valence-corrected chi connectivity index (χ2v) is 6.19. The Morgan fingerprint density at radius 3 is 2.44 bits per heavy atom. The summed E-state index contributed by atoms with van der Waals surface area (Å²) < 4.78 is 23.9. The molecular formula is C9H20N2O4S. The highest BCUT2D eigenvalue weighted by molar-refractivity contribution is 7.89. The Kier molecular flexibility index (Phi) is 6.54. The number of hydrogen-bond donors (Lipinski definition) is 2. The Labute approximate surface area is 96.7 Å². The van der Waals surface area contributed by atoms with E-state index >= 15 is 0 Å². The number of nitrogens with zero attached hydrogens (tertiary/aromatic N) is 1. The van der Waals surface area contributed by atoms with E-state index in [4.69, 9.17) is 5.11 Å². The van der Waals surface area contributed by atoms with Gasteiger partial charge in [-0.1, -0.05) is 0 Å².